The van der Waals surface area contributed by atoms with Crippen LogP contribution in [0.5, 0.6) is 0 Å². The molecular weight excluding hydrogens is 92.1 g/mol. The number of ether oxygens (including phenoxy) is 2. The molecule has 0 saturated carbocycles. The molecule has 2 heterocycles. The summed E-state index contributed by atoms with van der Waals surface area (Å²) in [6, 6.07) is 0. The Morgan fingerprint density at radius 1 is 1.71 bits per heavy atom. The third-order valence-electron chi connectivity index (χ3n) is 1.61. The maximum atomic E-state index is 5.09. The summed E-state index contributed by atoms with van der Waals surface area (Å²) < 4.78 is 10.1. The monoisotopic (exact) mass is 100 g/mol. The molecule has 0 aromatic heterocycles. The lowest BCUT2D eigenvalue weighted by Crippen LogP contribution is -2.12. The van der Waals surface area contributed by atoms with Crippen LogP contribution in [0, 0.1) is 0 Å². The zero-order valence-corrected chi connectivity index (χ0v) is 4.31. The Balaban J connectivity index is 2.04. The van der Waals surface area contributed by atoms with Crippen molar-refractivity contribution in [1.29, 1.82) is 0 Å². The largest absolute Gasteiger partial charge is 0.370 e. The van der Waals surface area contributed by atoms with E-state index in [4.69, 9.17) is 9.47 Å². The highest BCUT2D eigenvalue weighted by atomic mass is 16.7. The molecule has 0 radical (unpaired) electrons. The zero-order chi connectivity index (χ0) is 4.91. The van der Waals surface area contributed by atoms with Crippen molar-refractivity contribution in [2.75, 3.05) is 13.2 Å². The molecule has 2 fully saturated rings. The van der Waals surface area contributed by atoms with E-state index in [-0.39, 0.29) is 5.60 Å². The van der Waals surface area contributed by atoms with Gasteiger partial charge in [-0.2, -0.15) is 0 Å². The van der Waals surface area contributed by atoms with Gasteiger partial charge >= 0.3 is 0 Å². The molecule has 0 spiro atoms. The van der Waals surface area contributed by atoms with E-state index in [9.17, 15) is 0 Å². The fourth-order valence-electron chi connectivity index (χ4n) is 0.700. The Bertz CT molecular complexity index is 92.3. The topological polar surface area (TPSA) is 25.1 Å². The molecule has 2 rings (SSSR count). The standard InChI is InChI=1S/C5H8O2/c1-5(3-7-5)4-2-6-4/h4H,2-3H2,1H3/t4-,5+/m0/s1. The first-order chi connectivity index (χ1) is 3.31. The van der Waals surface area contributed by atoms with Crippen LogP contribution in [0.3, 0.4) is 0 Å². The van der Waals surface area contributed by atoms with E-state index in [0.29, 0.717) is 6.10 Å². The molecule has 0 unspecified atom stereocenters. The lowest BCUT2D eigenvalue weighted by atomic mass is 10.1. The highest BCUT2D eigenvalue weighted by Crippen LogP contribution is 2.37. The normalized spacial score (nSPS) is 57.0. The first kappa shape index (κ1) is 3.87. The van der Waals surface area contributed by atoms with Gasteiger partial charge < -0.3 is 9.47 Å². The summed E-state index contributed by atoms with van der Waals surface area (Å²) in [7, 11) is 0. The van der Waals surface area contributed by atoms with Crippen molar-refractivity contribution >= 4 is 0 Å². The van der Waals surface area contributed by atoms with E-state index in [1.807, 2.05) is 0 Å². The quantitative estimate of drug-likeness (QED) is 0.439. The Kier molecular flexibility index (Phi) is 0.474. The van der Waals surface area contributed by atoms with Gasteiger partial charge in [-0.05, 0) is 6.92 Å². The van der Waals surface area contributed by atoms with Crippen LogP contribution in [-0.4, -0.2) is 24.9 Å². The molecule has 40 valence electrons. The molecule has 2 saturated heterocycles. The summed E-state index contributed by atoms with van der Waals surface area (Å²) in [6.45, 7) is 3.90. The average Bonchev–Trinajstić information content (AvgIpc) is 2.14. The number of rotatable bonds is 1. The zero-order valence-electron chi connectivity index (χ0n) is 4.31. The molecule has 0 bridgehead atoms. The van der Waals surface area contributed by atoms with E-state index in [1.165, 1.54) is 0 Å². The van der Waals surface area contributed by atoms with Crippen LogP contribution in [0.2, 0.25) is 0 Å². The van der Waals surface area contributed by atoms with E-state index in [2.05, 4.69) is 6.92 Å². The summed E-state index contributed by atoms with van der Waals surface area (Å²) in [5.74, 6) is 0. The predicted octanol–water partition coefficient (Wildman–Crippen LogP) is 0.174. The van der Waals surface area contributed by atoms with E-state index < -0.39 is 0 Å². The fourth-order valence-corrected chi connectivity index (χ4v) is 0.700. The maximum Gasteiger partial charge on any atom is 0.117 e. The molecule has 2 aliphatic rings. The van der Waals surface area contributed by atoms with E-state index >= 15 is 0 Å². The van der Waals surface area contributed by atoms with Gasteiger partial charge in [0, 0.05) is 0 Å². The van der Waals surface area contributed by atoms with Crippen molar-refractivity contribution in [1.82, 2.24) is 0 Å². The molecule has 7 heavy (non-hydrogen) atoms. The molecular formula is C5H8O2. The minimum atomic E-state index is 0.139. The average molecular weight is 100 g/mol. The predicted molar refractivity (Wildman–Crippen MR) is 24.1 cm³/mol. The summed E-state index contributed by atoms with van der Waals surface area (Å²) in [4.78, 5) is 0. The van der Waals surface area contributed by atoms with Crippen molar-refractivity contribution < 1.29 is 9.47 Å². The smallest absolute Gasteiger partial charge is 0.117 e. The van der Waals surface area contributed by atoms with Crippen LogP contribution in [0.15, 0.2) is 0 Å². The van der Waals surface area contributed by atoms with Gasteiger partial charge in [0.2, 0.25) is 0 Å². The second-order valence-electron chi connectivity index (χ2n) is 2.42. The van der Waals surface area contributed by atoms with Crippen molar-refractivity contribution in [2.45, 2.75) is 18.6 Å². The molecule has 0 N–H and O–H groups in total. The Morgan fingerprint density at radius 3 is 2.43 bits per heavy atom. The lowest BCUT2D eigenvalue weighted by Gasteiger charge is -1.92. The van der Waals surface area contributed by atoms with Crippen molar-refractivity contribution in [2.24, 2.45) is 0 Å². The molecule has 0 amide bonds. The van der Waals surface area contributed by atoms with Crippen molar-refractivity contribution in [3.63, 3.8) is 0 Å². The molecule has 0 aromatic rings. The van der Waals surface area contributed by atoms with Gasteiger partial charge in [0.05, 0.1) is 13.2 Å². The molecule has 2 atom stereocenters. The van der Waals surface area contributed by atoms with Gasteiger partial charge in [0.1, 0.15) is 11.7 Å². The van der Waals surface area contributed by atoms with E-state index in [1.54, 1.807) is 0 Å². The van der Waals surface area contributed by atoms with Crippen LogP contribution in [0.1, 0.15) is 6.92 Å². The van der Waals surface area contributed by atoms with Crippen molar-refractivity contribution in [3.8, 4) is 0 Å². The van der Waals surface area contributed by atoms with Gasteiger partial charge in [0.25, 0.3) is 0 Å². The molecule has 0 aromatic carbocycles. The summed E-state index contributed by atoms with van der Waals surface area (Å²) in [5.41, 5.74) is 0.139. The van der Waals surface area contributed by atoms with Crippen molar-refractivity contribution in [3.05, 3.63) is 0 Å². The SMILES string of the molecule is C[C@]1([C@@H]2CO2)CO1. The Hall–Kier alpha value is -0.0800. The van der Waals surface area contributed by atoms with E-state index in [0.717, 1.165) is 13.2 Å². The summed E-state index contributed by atoms with van der Waals surface area (Å²) in [6.07, 6.45) is 0.437. The summed E-state index contributed by atoms with van der Waals surface area (Å²) >= 11 is 0. The molecule has 0 aliphatic carbocycles. The Labute approximate surface area is 42.4 Å². The number of epoxide rings is 2. The molecule has 2 heteroatoms. The first-order valence-corrected chi connectivity index (χ1v) is 2.57. The van der Waals surface area contributed by atoms with Gasteiger partial charge in [-0.25, -0.2) is 0 Å². The van der Waals surface area contributed by atoms with Crippen LogP contribution >= 0.6 is 0 Å². The van der Waals surface area contributed by atoms with Crippen LogP contribution < -0.4 is 0 Å². The third-order valence-corrected chi connectivity index (χ3v) is 1.61. The highest BCUT2D eigenvalue weighted by Gasteiger charge is 2.53. The minimum absolute atomic E-state index is 0.139. The van der Waals surface area contributed by atoms with Gasteiger partial charge in [-0.3, -0.25) is 0 Å². The second kappa shape index (κ2) is 0.858. The maximum absolute atomic E-state index is 5.09. The van der Waals surface area contributed by atoms with Gasteiger partial charge in [-0.1, -0.05) is 0 Å². The number of hydrogen-bond acceptors (Lipinski definition) is 2. The van der Waals surface area contributed by atoms with Gasteiger partial charge in [-0.15, -0.1) is 0 Å². The van der Waals surface area contributed by atoms with Crippen LogP contribution in [0.4, 0.5) is 0 Å². The minimum Gasteiger partial charge on any atom is -0.370 e. The third kappa shape index (κ3) is 0.469. The first-order valence-electron chi connectivity index (χ1n) is 2.57. The molecule has 2 aliphatic heterocycles. The lowest BCUT2D eigenvalue weighted by molar-refractivity contribution is 0.253. The van der Waals surface area contributed by atoms with Gasteiger partial charge in [0.15, 0.2) is 0 Å². The van der Waals surface area contributed by atoms with Crippen LogP contribution in [-0.2, 0) is 9.47 Å². The number of hydrogen-bond donors (Lipinski definition) is 0. The molecule has 2 nitrogen and oxygen atoms in total. The van der Waals surface area contributed by atoms with Crippen LogP contribution in [0.25, 0.3) is 0 Å². The Morgan fingerprint density at radius 2 is 2.29 bits per heavy atom. The fraction of sp³-hybridized carbons (Fsp3) is 1.00. The summed E-state index contributed by atoms with van der Waals surface area (Å²) in [5, 5.41) is 0. The second-order valence-corrected chi connectivity index (χ2v) is 2.42. The highest BCUT2D eigenvalue weighted by molar-refractivity contribution is 5.00.